The van der Waals surface area contributed by atoms with Crippen LogP contribution in [-0.2, 0) is 6.54 Å². The molecule has 0 saturated carbocycles. The molecule has 4 nitrogen and oxygen atoms in total. The number of carbonyl (C=O) groups is 1. The van der Waals surface area contributed by atoms with E-state index in [-0.39, 0.29) is 10.8 Å². The molecule has 94 valence electrons. The van der Waals surface area contributed by atoms with Gasteiger partial charge in [-0.15, -0.1) is 0 Å². The van der Waals surface area contributed by atoms with Gasteiger partial charge < -0.3 is 10.3 Å². The molecule has 0 fully saturated rings. The fourth-order valence-electron chi connectivity index (χ4n) is 1.36. The first-order chi connectivity index (χ1) is 8.54. The van der Waals surface area contributed by atoms with Crippen LogP contribution < -0.4 is 10.2 Å². The van der Waals surface area contributed by atoms with Crippen molar-refractivity contribution in [2.24, 2.45) is 0 Å². The second-order valence-electron chi connectivity index (χ2n) is 3.51. The molecule has 0 aliphatic rings. The highest BCUT2D eigenvalue weighted by molar-refractivity contribution is 9.11. The number of aromatic nitrogens is 1. The molecule has 0 aliphatic heterocycles. The van der Waals surface area contributed by atoms with Gasteiger partial charge in [0, 0.05) is 25.6 Å². The van der Waals surface area contributed by atoms with Crippen LogP contribution in [0.1, 0.15) is 16.1 Å². The largest absolute Gasteiger partial charge is 0.346 e. The van der Waals surface area contributed by atoms with Crippen LogP contribution >= 0.6 is 43.2 Å². The third kappa shape index (κ3) is 3.54. The molecular weight excluding hydrogens is 384 g/mol. The van der Waals surface area contributed by atoms with Crippen molar-refractivity contribution in [3.05, 3.63) is 53.4 Å². The fraction of sp³-hybridized carbons (Fsp3) is 0.0909. The number of hydrogen-bond acceptors (Lipinski definition) is 3. The third-order valence-corrected chi connectivity index (χ3v) is 3.77. The zero-order valence-corrected chi connectivity index (χ0v) is 13.0. The Morgan fingerprint density at radius 1 is 1.28 bits per heavy atom. The van der Waals surface area contributed by atoms with Crippen molar-refractivity contribution in [1.29, 1.82) is 0 Å². The highest BCUT2D eigenvalue weighted by Gasteiger charge is 2.07. The SMILES string of the molecule is O=C(NCc1csc(=O)[nH]1)c1cc(Br)cc(Br)c1. The van der Waals surface area contributed by atoms with Crippen LogP contribution in [0.2, 0.25) is 0 Å². The van der Waals surface area contributed by atoms with Gasteiger partial charge in [0.05, 0.1) is 6.54 Å². The summed E-state index contributed by atoms with van der Waals surface area (Å²) >= 11 is 7.73. The van der Waals surface area contributed by atoms with Gasteiger partial charge in [0.2, 0.25) is 0 Å². The van der Waals surface area contributed by atoms with Crippen LogP contribution in [0.25, 0.3) is 0 Å². The molecule has 18 heavy (non-hydrogen) atoms. The Hall–Kier alpha value is -0.920. The first-order valence-corrected chi connectivity index (χ1v) is 7.42. The maximum absolute atomic E-state index is 11.9. The summed E-state index contributed by atoms with van der Waals surface area (Å²) < 4.78 is 1.65. The summed E-state index contributed by atoms with van der Waals surface area (Å²) in [7, 11) is 0. The molecule has 0 aliphatic carbocycles. The number of hydrogen-bond donors (Lipinski definition) is 2. The van der Waals surface area contributed by atoms with Crippen LogP contribution in [0.15, 0.2) is 37.3 Å². The summed E-state index contributed by atoms with van der Waals surface area (Å²) in [6, 6.07) is 5.32. The van der Waals surface area contributed by atoms with E-state index in [0.717, 1.165) is 20.3 Å². The van der Waals surface area contributed by atoms with E-state index in [1.165, 1.54) is 0 Å². The van der Waals surface area contributed by atoms with E-state index in [2.05, 4.69) is 42.2 Å². The highest BCUT2D eigenvalue weighted by Crippen LogP contribution is 2.20. The van der Waals surface area contributed by atoms with E-state index in [0.29, 0.717) is 17.8 Å². The molecule has 1 amide bonds. The van der Waals surface area contributed by atoms with Crippen LogP contribution in [0.5, 0.6) is 0 Å². The van der Waals surface area contributed by atoms with Crippen molar-refractivity contribution in [3.63, 3.8) is 0 Å². The molecule has 2 rings (SSSR count). The second kappa shape index (κ2) is 5.81. The average molecular weight is 392 g/mol. The Bertz CT molecular complexity index is 616. The molecule has 1 aromatic heterocycles. The lowest BCUT2D eigenvalue weighted by Crippen LogP contribution is -2.23. The Morgan fingerprint density at radius 3 is 2.50 bits per heavy atom. The number of H-pyrrole nitrogens is 1. The number of nitrogens with one attached hydrogen (secondary N) is 2. The van der Waals surface area contributed by atoms with Gasteiger partial charge in [0.25, 0.3) is 5.91 Å². The number of amides is 1. The number of aromatic amines is 1. The molecule has 0 bridgehead atoms. The molecule has 7 heteroatoms. The number of carbonyl (C=O) groups excluding carboxylic acids is 1. The molecule has 0 unspecified atom stereocenters. The van der Waals surface area contributed by atoms with Crippen molar-refractivity contribution < 1.29 is 4.79 Å². The summed E-state index contributed by atoms with van der Waals surface area (Å²) in [5.41, 5.74) is 1.25. The van der Waals surface area contributed by atoms with Gasteiger partial charge in [-0.05, 0) is 18.2 Å². The summed E-state index contributed by atoms with van der Waals surface area (Å²) in [5, 5.41) is 4.43. The molecule has 1 aromatic carbocycles. The number of benzene rings is 1. The molecule has 0 radical (unpaired) electrons. The quantitative estimate of drug-likeness (QED) is 0.844. The van der Waals surface area contributed by atoms with Gasteiger partial charge in [-0.1, -0.05) is 43.2 Å². The lowest BCUT2D eigenvalue weighted by molar-refractivity contribution is 0.0950. The van der Waals surface area contributed by atoms with Crippen molar-refractivity contribution >= 4 is 49.1 Å². The average Bonchev–Trinajstić information content (AvgIpc) is 2.70. The normalized spacial score (nSPS) is 10.3. The van der Waals surface area contributed by atoms with Gasteiger partial charge in [-0.25, -0.2) is 0 Å². The summed E-state index contributed by atoms with van der Waals surface area (Å²) in [5.74, 6) is -0.191. The van der Waals surface area contributed by atoms with Crippen molar-refractivity contribution in [2.45, 2.75) is 6.54 Å². The topological polar surface area (TPSA) is 62.0 Å². The van der Waals surface area contributed by atoms with E-state index in [1.54, 1.807) is 17.5 Å². The van der Waals surface area contributed by atoms with E-state index < -0.39 is 0 Å². The molecule has 2 aromatic rings. The number of halogens is 2. The Labute approximate surface area is 124 Å². The first kappa shape index (κ1) is 13.5. The van der Waals surface area contributed by atoms with E-state index in [9.17, 15) is 9.59 Å². The van der Waals surface area contributed by atoms with E-state index >= 15 is 0 Å². The van der Waals surface area contributed by atoms with E-state index in [1.807, 2.05) is 6.07 Å². The van der Waals surface area contributed by atoms with Gasteiger partial charge in [0.15, 0.2) is 0 Å². The molecular formula is C11H8Br2N2O2S. The van der Waals surface area contributed by atoms with Gasteiger partial charge in [-0.3, -0.25) is 9.59 Å². The lowest BCUT2D eigenvalue weighted by Gasteiger charge is -2.05. The molecule has 0 spiro atoms. The minimum Gasteiger partial charge on any atom is -0.346 e. The highest BCUT2D eigenvalue weighted by atomic mass is 79.9. The van der Waals surface area contributed by atoms with Crippen molar-refractivity contribution in [3.8, 4) is 0 Å². The van der Waals surface area contributed by atoms with Crippen molar-refractivity contribution in [2.75, 3.05) is 0 Å². The minimum absolute atomic E-state index is 0.121. The third-order valence-electron chi connectivity index (χ3n) is 2.13. The Morgan fingerprint density at radius 2 is 1.94 bits per heavy atom. The smallest absolute Gasteiger partial charge is 0.304 e. The fourth-order valence-corrected chi connectivity index (χ4v) is 3.24. The molecule has 2 N–H and O–H groups in total. The zero-order chi connectivity index (χ0) is 13.1. The second-order valence-corrected chi connectivity index (χ2v) is 6.19. The van der Waals surface area contributed by atoms with Gasteiger partial charge in [0.1, 0.15) is 0 Å². The maximum Gasteiger partial charge on any atom is 0.304 e. The zero-order valence-electron chi connectivity index (χ0n) is 9.00. The van der Waals surface area contributed by atoms with Gasteiger partial charge in [-0.2, -0.15) is 0 Å². The van der Waals surface area contributed by atoms with Crippen LogP contribution in [0, 0.1) is 0 Å². The van der Waals surface area contributed by atoms with Crippen LogP contribution in [0.3, 0.4) is 0 Å². The molecule has 1 heterocycles. The monoisotopic (exact) mass is 390 g/mol. The summed E-state index contributed by atoms with van der Waals surface area (Å²) in [4.78, 5) is 25.3. The summed E-state index contributed by atoms with van der Waals surface area (Å²) in [6.45, 7) is 0.307. The summed E-state index contributed by atoms with van der Waals surface area (Å²) in [6.07, 6.45) is 0. The Kier molecular flexibility index (Phi) is 4.36. The number of rotatable bonds is 3. The molecule has 0 atom stereocenters. The van der Waals surface area contributed by atoms with Crippen LogP contribution in [0.4, 0.5) is 0 Å². The first-order valence-electron chi connectivity index (χ1n) is 4.95. The van der Waals surface area contributed by atoms with Gasteiger partial charge >= 0.3 is 4.87 Å². The maximum atomic E-state index is 11.9. The minimum atomic E-state index is -0.191. The molecule has 0 saturated heterocycles. The van der Waals surface area contributed by atoms with Crippen molar-refractivity contribution in [1.82, 2.24) is 10.3 Å². The standard InChI is InChI=1S/C11H8Br2N2O2S/c12-7-1-6(2-8(13)3-7)10(16)14-4-9-5-18-11(17)15-9/h1-3,5H,4H2,(H,14,16)(H,15,17). The Balaban J connectivity index is 2.05. The lowest BCUT2D eigenvalue weighted by atomic mass is 10.2. The predicted octanol–water partition coefficient (Wildman–Crippen LogP) is 2.89. The number of thiazole rings is 1. The van der Waals surface area contributed by atoms with Crippen LogP contribution in [-0.4, -0.2) is 10.9 Å². The predicted molar refractivity (Wildman–Crippen MR) is 78.0 cm³/mol. The van der Waals surface area contributed by atoms with E-state index in [4.69, 9.17) is 0 Å².